The predicted molar refractivity (Wildman–Crippen MR) is 79.1 cm³/mol. The van der Waals surface area contributed by atoms with Gasteiger partial charge in [0, 0.05) is 12.2 Å². The summed E-state index contributed by atoms with van der Waals surface area (Å²) in [5, 5.41) is 3.38. The van der Waals surface area contributed by atoms with Crippen molar-refractivity contribution in [3.8, 4) is 0 Å². The lowest BCUT2D eigenvalue weighted by Crippen LogP contribution is -2.13. The zero-order valence-corrected chi connectivity index (χ0v) is 12.1. The van der Waals surface area contributed by atoms with Gasteiger partial charge in [-0.15, -0.1) is 0 Å². The van der Waals surface area contributed by atoms with Crippen LogP contribution < -0.4 is 5.32 Å². The molecular weight excluding hydrogens is 206 g/mol. The zero-order valence-electron chi connectivity index (χ0n) is 12.1. The quantitative estimate of drug-likeness (QED) is 0.391. The van der Waals surface area contributed by atoms with Crippen LogP contribution in [-0.4, -0.2) is 6.54 Å². The van der Waals surface area contributed by atoms with Gasteiger partial charge < -0.3 is 5.32 Å². The summed E-state index contributed by atoms with van der Waals surface area (Å²) in [6.07, 6.45) is 13.2. The van der Waals surface area contributed by atoms with Crippen LogP contribution >= 0.6 is 0 Å². The van der Waals surface area contributed by atoms with Crippen molar-refractivity contribution in [3.05, 3.63) is 24.4 Å². The molecule has 0 fully saturated rings. The Balaban J connectivity index is 3.26. The molecule has 0 aliphatic rings. The van der Waals surface area contributed by atoms with Gasteiger partial charge in [-0.2, -0.15) is 0 Å². The van der Waals surface area contributed by atoms with Crippen LogP contribution in [0, 0.1) is 5.92 Å². The number of rotatable bonds is 11. The summed E-state index contributed by atoms with van der Waals surface area (Å²) in [6.45, 7) is 11.8. The summed E-state index contributed by atoms with van der Waals surface area (Å²) in [5.74, 6) is 0.838. The number of unbranched alkanes of at least 4 members (excludes halogenated alkanes) is 2. The Morgan fingerprint density at radius 1 is 1.24 bits per heavy atom. The average molecular weight is 237 g/mol. The maximum atomic E-state index is 4.00. The van der Waals surface area contributed by atoms with Crippen LogP contribution in [-0.2, 0) is 0 Å². The normalized spacial score (nSPS) is 12.9. The van der Waals surface area contributed by atoms with Crippen LogP contribution in [0.2, 0.25) is 0 Å². The third-order valence-electron chi connectivity index (χ3n) is 3.13. The van der Waals surface area contributed by atoms with Crippen molar-refractivity contribution in [2.45, 2.75) is 65.7 Å². The fourth-order valence-corrected chi connectivity index (χ4v) is 1.66. The number of allylic oxidation sites excluding steroid dienone is 3. The fraction of sp³-hybridized carbons (Fsp3) is 0.750. The van der Waals surface area contributed by atoms with Crippen LogP contribution in [0.15, 0.2) is 24.4 Å². The van der Waals surface area contributed by atoms with Gasteiger partial charge in [-0.1, -0.05) is 52.3 Å². The summed E-state index contributed by atoms with van der Waals surface area (Å²) in [6, 6.07) is 0. The second-order valence-corrected chi connectivity index (χ2v) is 5.00. The van der Waals surface area contributed by atoms with E-state index in [-0.39, 0.29) is 0 Å². The summed E-state index contributed by atoms with van der Waals surface area (Å²) in [5.41, 5.74) is 1.19. The summed E-state index contributed by atoms with van der Waals surface area (Å²) in [4.78, 5) is 0. The molecule has 0 aromatic heterocycles. The Morgan fingerprint density at radius 3 is 2.65 bits per heavy atom. The maximum Gasteiger partial charge on any atom is 0.0143 e. The third-order valence-corrected chi connectivity index (χ3v) is 3.13. The van der Waals surface area contributed by atoms with Crippen LogP contribution in [0.5, 0.6) is 0 Å². The Bertz CT molecular complexity index is 206. The second kappa shape index (κ2) is 11.8. The van der Waals surface area contributed by atoms with Crippen LogP contribution in [0.4, 0.5) is 0 Å². The van der Waals surface area contributed by atoms with Crippen molar-refractivity contribution in [1.29, 1.82) is 0 Å². The highest BCUT2D eigenvalue weighted by molar-refractivity contribution is 4.90. The summed E-state index contributed by atoms with van der Waals surface area (Å²) >= 11 is 0. The molecule has 0 heterocycles. The van der Waals surface area contributed by atoms with Crippen LogP contribution in [0.25, 0.3) is 0 Å². The Morgan fingerprint density at radius 2 is 2.00 bits per heavy atom. The number of nitrogens with one attached hydrogen (secondary N) is 1. The molecule has 0 saturated heterocycles. The van der Waals surface area contributed by atoms with E-state index in [1.165, 1.54) is 44.2 Å². The molecule has 100 valence electrons. The lowest BCUT2D eigenvalue weighted by Gasteiger charge is -2.07. The first-order chi connectivity index (χ1) is 8.20. The molecule has 0 aromatic rings. The molecule has 0 amide bonds. The third kappa shape index (κ3) is 11.5. The molecule has 1 heteroatoms. The van der Waals surface area contributed by atoms with E-state index in [1.54, 1.807) is 0 Å². The van der Waals surface area contributed by atoms with E-state index >= 15 is 0 Å². The van der Waals surface area contributed by atoms with Gasteiger partial charge in [0.15, 0.2) is 0 Å². The highest BCUT2D eigenvalue weighted by Crippen LogP contribution is 2.07. The largest absolute Gasteiger partial charge is 0.389 e. The molecule has 1 unspecified atom stereocenters. The fourth-order valence-electron chi connectivity index (χ4n) is 1.66. The minimum absolute atomic E-state index is 0.838. The van der Waals surface area contributed by atoms with Crippen molar-refractivity contribution in [1.82, 2.24) is 5.32 Å². The van der Waals surface area contributed by atoms with E-state index in [0.29, 0.717) is 0 Å². The van der Waals surface area contributed by atoms with Crippen molar-refractivity contribution in [2.24, 2.45) is 5.92 Å². The van der Waals surface area contributed by atoms with Gasteiger partial charge in [0.2, 0.25) is 0 Å². The average Bonchev–Trinajstić information content (AvgIpc) is 2.32. The molecule has 17 heavy (non-hydrogen) atoms. The van der Waals surface area contributed by atoms with Gasteiger partial charge in [-0.25, -0.2) is 0 Å². The SMILES string of the molecule is C=C(CCC)NCCCC/C=C/CC(C)CC. The Labute approximate surface area is 108 Å². The van der Waals surface area contributed by atoms with Crippen LogP contribution in [0.3, 0.4) is 0 Å². The molecule has 0 aliphatic carbocycles. The van der Waals surface area contributed by atoms with Crippen molar-refractivity contribution >= 4 is 0 Å². The van der Waals surface area contributed by atoms with Crippen LogP contribution in [0.1, 0.15) is 65.7 Å². The standard InChI is InChI=1S/C16H31N/c1-5-12-16(4)17-14-11-9-7-8-10-13-15(3)6-2/h8,10,15,17H,4-7,9,11-14H2,1-3H3/b10-8+. The zero-order chi connectivity index (χ0) is 12.9. The van der Waals surface area contributed by atoms with E-state index in [0.717, 1.165) is 18.9 Å². The molecule has 0 bridgehead atoms. The maximum absolute atomic E-state index is 4.00. The molecule has 0 radical (unpaired) electrons. The van der Waals surface area contributed by atoms with Gasteiger partial charge in [0.25, 0.3) is 0 Å². The highest BCUT2D eigenvalue weighted by Gasteiger charge is 1.93. The van der Waals surface area contributed by atoms with Crippen molar-refractivity contribution in [3.63, 3.8) is 0 Å². The van der Waals surface area contributed by atoms with E-state index in [2.05, 4.69) is 44.8 Å². The molecule has 1 atom stereocenters. The molecule has 0 saturated carbocycles. The van der Waals surface area contributed by atoms with Gasteiger partial charge in [-0.05, 0) is 38.0 Å². The molecular formula is C16H31N. The Hall–Kier alpha value is -0.720. The predicted octanol–water partition coefficient (Wildman–Crippen LogP) is 5.05. The molecule has 0 aliphatic heterocycles. The van der Waals surface area contributed by atoms with E-state index in [4.69, 9.17) is 0 Å². The highest BCUT2D eigenvalue weighted by atomic mass is 14.9. The first kappa shape index (κ1) is 16.3. The number of hydrogen-bond donors (Lipinski definition) is 1. The van der Waals surface area contributed by atoms with Gasteiger partial charge in [-0.3, -0.25) is 0 Å². The van der Waals surface area contributed by atoms with E-state index < -0.39 is 0 Å². The number of hydrogen-bond acceptors (Lipinski definition) is 1. The monoisotopic (exact) mass is 237 g/mol. The van der Waals surface area contributed by atoms with Gasteiger partial charge in [0.05, 0.1) is 0 Å². The minimum atomic E-state index is 0.838. The molecule has 0 aromatic carbocycles. The topological polar surface area (TPSA) is 12.0 Å². The summed E-state index contributed by atoms with van der Waals surface area (Å²) < 4.78 is 0. The van der Waals surface area contributed by atoms with Crippen molar-refractivity contribution in [2.75, 3.05) is 6.54 Å². The second-order valence-electron chi connectivity index (χ2n) is 5.00. The first-order valence-corrected chi connectivity index (χ1v) is 7.27. The lowest BCUT2D eigenvalue weighted by atomic mass is 10.0. The Kier molecular flexibility index (Phi) is 11.3. The molecule has 1 nitrogen and oxygen atoms in total. The molecule has 0 spiro atoms. The summed E-state index contributed by atoms with van der Waals surface area (Å²) in [7, 11) is 0. The van der Waals surface area contributed by atoms with Crippen molar-refractivity contribution < 1.29 is 0 Å². The smallest absolute Gasteiger partial charge is 0.0143 e. The van der Waals surface area contributed by atoms with Gasteiger partial charge >= 0.3 is 0 Å². The van der Waals surface area contributed by atoms with E-state index in [1.807, 2.05) is 0 Å². The first-order valence-electron chi connectivity index (χ1n) is 7.27. The molecule has 1 N–H and O–H groups in total. The van der Waals surface area contributed by atoms with Gasteiger partial charge in [0.1, 0.15) is 0 Å². The van der Waals surface area contributed by atoms with E-state index in [9.17, 15) is 0 Å². The molecule has 0 rings (SSSR count). The lowest BCUT2D eigenvalue weighted by molar-refractivity contribution is 0.570. The minimum Gasteiger partial charge on any atom is -0.389 e.